The molecule has 8 nitrogen and oxygen atoms in total. The molecule has 2 N–H and O–H groups in total. The number of likely N-dealkylation sites (tertiary alicyclic amines) is 2. The molecule has 3 aliphatic rings. The molecule has 1 unspecified atom stereocenters. The number of rotatable bonds is 5. The molecular formula is C22H30N4O4. The number of carbonyl (C=O) groups is 3. The minimum absolute atomic E-state index is 0.156. The number of ether oxygens (including phenoxy) is 1. The summed E-state index contributed by atoms with van der Waals surface area (Å²) in [5.41, 5.74) is 5.77. The summed E-state index contributed by atoms with van der Waals surface area (Å²) < 4.78 is 5.22. The van der Waals surface area contributed by atoms with E-state index >= 15 is 0 Å². The fraction of sp³-hybridized carbons (Fsp3) is 0.591. The average Bonchev–Trinajstić information content (AvgIpc) is 3.08. The van der Waals surface area contributed by atoms with E-state index < -0.39 is 11.6 Å². The van der Waals surface area contributed by atoms with E-state index in [0.717, 1.165) is 25.9 Å². The molecule has 1 aromatic rings. The molecule has 162 valence electrons. The van der Waals surface area contributed by atoms with Crippen LogP contribution in [0.4, 0.5) is 5.69 Å². The second-order valence-corrected chi connectivity index (χ2v) is 8.47. The number of amides is 3. The maximum Gasteiger partial charge on any atom is 0.251 e. The van der Waals surface area contributed by atoms with Crippen molar-refractivity contribution in [3.8, 4) is 5.75 Å². The molecule has 1 atom stereocenters. The molecule has 0 aromatic heterocycles. The summed E-state index contributed by atoms with van der Waals surface area (Å²) in [5, 5.41) is 0. The predicted octanol–water partition coefficient (Wildman–Crippen LogP) is 1.13. The maximum absolute atomic E-state index is 13.1. The zero-order valence-corrected chi connectivity index (χ0v) is 17.5. The zero-order valence-electron chi connectivity index (χ0n) is 17.5. The Labute approximate surface area is 176 Å². The summed E-state index contributed by atoms with van der Waals surface area (Å²) in [6.07, 6.45) is 4.71. The third-order valence-electron chi connectivity index (χ3n) is 6.92. The molecule has 0 bridgehead atoms. The average molecular weight is 415 g/mol. The normalized spacial score (nSPS) is 25.5. The molecule has 3 fully saturated rings. The van der Waals surface area contributed by atoms with Crippen LogP contribution in [0, 0.1) is 0 Å². The van der Waals surface area contributed by atoms with Gasteiger partial charge in [-0.3, -0.25) is 24.2 Å². The molecule has 0 radical (unpaired) electrons. The molecule has 0 aliphatic carbocycles. The fourth-order valence-electron chi connectivity index (χ4n) is 5.17. The van der Waals surface area contributed by atoms with Gasteiger partial charge in [-0.05, 0) is 50.9 Å². The standard InChI is InChI=1S/C22H30N4O4/c1-30-17-7-5-6-16(14-17)26-19(27)15-18(20(26)28)24-12-8-22(9-13-24,21(23)29)25-10-3-2-4-11-25/h5-7,14,18H,2-4,8-13,15H2,1H3,(H2,23,29). The minimum atomic E-state index is -0.630. The minimum Gasteiger partial charge on any atom is -0.497 e. The van der Waals surface area contributed by atoms with Gasteiger partial charge in [0.25, 0.3) is 5.91 Å². The van der Waals surface area contributed by atoms with Gasteiger partial charge in [0.15, 0.2) is 0 Å². The number of benzene rings is 1. The van der Waals surface area contributed by atoms with Gasteiger partial charge in [0.1, 0.15) is 11.3 Å². The number of nitrogens with zero attached hydrogens (tertiary/aromatic N) is 3. The van der Waals surface area contributed by atoms with Crippen LogP contribution in [0.25, 0.3) is 0 Å². The molecule has 0 spiro atoms. The van der Waals surface area contributed by atoms with Crippen LogP contribution in [0.5, 0.6) is 5.75 Å². The van der Waals surface area contributed by atoms with Crippen molar-refractivity contribution in [1.29, 1.82) is 0 Å². The van der Waals surface area contributed by atoms with Crippen molar-refractivity contribution in [2.24, 2.45) is 5.73 Å². The van der Waals surface area contributed by atoms with Crippen molar-refractivity contribution < 1.29 is 19.1 Å². The topological polar surface area (TPSA) is 96.2 Å². The summed E-state index contributed by atoms with van der Waals surface area (Å²) in [6.45, 7) is 2.95. The quantitative estimate of drug-likeness (QED) is 0.726. The number of nitrogens with two attached hydrogens (primary N) is 1. The highest BCUT2D eigenvalue weighted by Gasteiger charge is 2.49. The van der Waals surface area contributed by atoms with Crippen LogP contribution in [0.15, 0.2) is 24.3 Å². The van der Waals surface area contributed by atoms with Gasteiger partial charge in [-0.15, -0.1) is 0 Å². The Morgan fingerprint density at radius 1 is 1.10 bits per heavy atom. The first-order valence-electron chi connectivity index (χ1n) is 10.8. The van der Waals surface area contributed by atoms with E-state index in [9.17, 15) is 14.4 Å². The van der Waals surface area contributed by atoms with Crippen LogP contribution < -0.4 is 15.4 Å². The Hall–Kier alpha value is -2.45. The smallest absolute Gasteiger partial charge is 0.251 e. The van der Waals surface area contributed by atoms with Crippen molar-refractivity contribution in [3.05, 3.63) is 24.3 Å². The van der Waals surface area contributed by atoms with Gasteiger partial charge in [0, 0.05) is 19.2 Å². The lowest BCUT2D eigenvalue weighted by atomic mass is 9.83. The fourth-order valence-corrected chi connectivity index (χ4v) is 5.17. The monoisotopic (exact) mass is 414 g/mol. The lowest BCUT2D eigenvalue weighted by Gasteiger charge is -2.48. The molecule has 3 amide bonds. The molecule has 0 saturated carbocycles. The number of hydrogen-bond donors (Lipinski definition) is 1. The lowest BCUT2D eigenvalue weighted by Crippen LogP contribution is -2.64. The number of primary amides is 1. The highest BCUT2D eigenvalue weighted by molar-refractivity contribution is 6.22. The Bertz CT molecular complexity index is 828. The van der Waals surface area contributed by atoms with Gasteiger partial charge >= 0.3 is 0 Å². The van der Waals surface area contributed by atoms with Crippen LogP contribution in [0.2, 0.25) is 0 Å². The molecule has 4 rings (SSSR count). The Morgan fingerprint density at radius 2 is 1.80 bits per heavy atom. The first kappa shape index (κ1) is 20.8. The third kappa shape index (κ3) is 3.58. The second-order valence-electron chi connectivity index (χ2n) is 8.47. The Morgan fingerprint density at radius 3 is 2.43 bits per heavy atom. The van der Waals surface area contributed by atoms with E-state index in [2.05, 4.69) is 4.90 Å². The number of piperidine rings is 2. The predicted molar refractivity (Wildman–Crippen MR) is 112 cm³/mol. The van der Waals surface area contributed by atoms with E-state index in [-0.39, 0.29) is 24.1 Å². The molecule has 3 heterocycles. The van der Waals surface area contributed by atoms with Crippen LogP contribution in [0.1, 0.15) is 38.5 Å². The van der Waals surface area contributed by atoms with Crippen LogP contribution in [-0.4, -0.2) is 72.4 Å². The second kappa shape index (κ2) is 8.35. The van der Waals surface area contributed by atoms with Crippen LogP contribution in [0.3, 0.4) is 0 Å². The van der Waals surface area contributed by atoms with Crippen molar-refractivity contribution in [2.45, 2.75) is 50.1 Å². The maximum atomic E-state index is 13.1. The third-order valence-corrected chi connectivity index (χ3v) is 6.92. The SMILES string of the molecule is COc1cccc(N2C(=O)CC(N3CCC(C(N)=O)(N4CCCCC4)CC3)C2=O)c1. The van der Waals surface area contributed by atoms with Crippen molar-refractivity contribution in [3.63, 3.8) is 0 Å². The number of methoxy groups -OCH3 is 1. The van der Waals surface area contributed by atoms with Crippen molar-refractivity contribution in [1.82, 2.24) is 9.80 Å². The van der Waals surface area contributed by atoms with E-state index in [1.54, 1.807) is 31.4 Å². The van der Waals surface area contributed by atoms with E-state index in [1.165, 1.54) is 11.3 Å². The van der Waals surface area contributed by atoms with Gasteiger partial charge in [0.05, 0.1) is 25.3 Å². The first-order valence-corrected chi connectivity index (χ1v) is 10.8. The lowest BCUT2D eigenvalue weighted by molar-refractivity contribution is -0.136. The largest absolute Gasteiger partial charge is 0.497 e. The van der Waals surface area contributed by atoms with Gasteiger partial charge in [-0.25, -0.2) is 4.90 Å². The van der Waals surface area contributed by atoms with E-state index in [0.29, 0.717) is 37.4 Å². The summed E-state index contributed by atoms with van der Waals surface area (Å²) >= 11 is 0. The number of hydrogen-bond acceptors (Lipinski definition) is 6. The Balaban J connectivity index is 1.47. The summed E-state index contributed by atoms with van der Waals surface area (Å²) in [5.74, 6) is -0.0861. The van der Waals surface area contributed by atoms with E-state index in [1.807, 2.05) is 4.90 Å². The Kier molecular flexibility index (Phi) is 5.79. The highest BCUT2D eigenvalue weighted by atomic mass is 16.5. The number of carbonyl (C=O) groups excluding carboxylic acids is 3. The zero-order chi connectivity index (χ0) is 21.3. The van der Waals surface area contributed by atoms with Crippen molar-refractivity contribution >= 4 is 23.4 Å². The molecule has 3 saturated heterocycles. The summed E-state index contributed by atoms with van der Waals surface area (Å²) in [7, 11) is 1.55. The molecular weight excluding hydrogens is 384 g/mol. The summed E-state index contributed by atoms with van der Waals surface area (Å²) in [4.78, 5) is 43.8. The summed E-state index contributed by atoms with van der Waals surface area (Å²) in [6, 6.07) is 6.49. The highest BCUT2D eigenvalue weighted by Crippen LogP contribution is 2.35. The first-order chi connectivity index (χ1) is 14.5. The molecule has 1 aromatic carbocycles. The van der Waals surface area contributed by atoms with Gasteiger partial charge < -0.3 is 10.5 Å². The van der Waals surface area contributed by atoms with E-state index in [4.69, 9.17) is 10.5 Å². The molecule has 30 heavy (non-hydrogen) atoms. The van der Waals surface area contributed by atoms with Gasteiger partial charge in [0.2, 0.25) is 11.8 Å². The van der Waals surface area contributed by atoms with Crippen molar-refractivity contribution in [2.75, 3.05) is 38.2 Å². The van der Waals surface area contributed by atoms with Gasteiger partial charge in [-0.1, -0.05) is 12.5 Å². The molecule has 8 heteroatoms. The molecule has 3 aliphatic heterocycles. The van der Waals surface area contributed by atoms with Gasteiger partial charge in [-0.2, -0.15) is 0 Å². The number of imide groups is 1. The van der Waals surface area contributed by atoms with Crippen LogP contribution >= 0.6 is 0 Å². The van der Waals surface area contributed by atoms with Crippen LogP contribution in [-0.2, 0) is 14.4 Å². The number of anilines is 1.